The maximum Gasteiger partial charge on any atom is 0.229 e. The second-order valence-corrected chi connectivity index (χ2v) is 6.97. The molecule has 2 amide bonds. The van der Waals surface area contributed by atoms with Crippen molar-refractivity contribution in [1.82, 2.24) is 0 Å². The maximum atomic E-state index is 12.6. The summed E-state index contributed by atoms with van der Waals surface area (Å²) in [5.74, 6) is -0.148. The molecular weight excluding hydrogens is 352 g/mol. The number of carbonyl (C=O) groups is 2. The number of ether oxygens (including phenoxy) is 1. The van der Waals surface area contributed by atoms with Crippen LogP contribution in [0.2, 0.25) is 5.02 Å². The summed E-state index contributed by atoms with van der Waals surface area (Å²) in [7, 11) is 1.54. The van der Waals surface area contributed by atoms with E-state index in [1.54, 1.807) is 23.1 Å². The zero-order chi connectivity index (χ0) is 18.8. The Morgan fingerprint density at radius 3 is 2.69 bits per heavy atom. The normalized spacial score (nSPS) is 16.7. The predicted octanol–water partition coefficient (Wildman–Crippen LogP) is 3.96. The Morgan fingerprint density at radius 1 is 1.23 bits per heavy atom. The number of nitrogens with one attached hydrogen (secondary N) is 1. The Kier molecular flexibility index (Phi) is 5.18. The van der Waals surface area contributed by atoms with Crippen LogP contribution in [-0.4, -0.2) is 25.5 Å². The molecule has 1 aliphatic heterocycles. The molecule has 0 bridgehead atoms. The first kappa shape index (κ1) is 18.3. The third kappa shape index (κ3) is 3.68. The van der Waals surface area contributed by atoms with Gasteiger partial charge >= 0.3 is 0 Å². The van der Waals surface area contributed by atoms with Crippen LogP contribution in [0.5, 0.6) is 5.75 Å². The van der Waals surface area contributed by atoms with E-state index in [0.717, 1.165) is 16.8 Å². The van der Waals surface area contributed by atoms with Crippen molar-refractivity contribution in [3.63, 3.8) is 0 Å². The van der Waals surface area contributed by atoms with Crippen molar-refractivity contribution in [2.24, 2.45) is 5.92 Å². The largest absolute Gasteiger partial charge is 0.495 e. The van der Waals surface area contributed by atoms with E-state index >= 15 is 0 Å². The molecule has 1 atom stereocenters. The van der Waals surface area contributed by atoms with Crippen LogP contribution < -0.4 is 15.0 Å². The van der Waals surface area contributed by atoms with Gasteiger partial charge in [-0.1, -0.05) is 29.3 Å². The SMILES string of the molecule is COc1ccc(Cl)cc1N1C[C@H](C(=O)Nc2ccc(C)cc2C)CC1=O. The number of hydrogen-bond acceptors (Lipinski definition) is 3. The van der Waals surface area contributed by atoms with E-state index in [0.29, 0.717) is 23.0 Å². The minimum atomic E-state index is -0.424. The number of amides is 2. The van der Waals surface area contributed by atoms with Gasteiger partial charge in [-0.3, -0.25) is 9.59 Å². The van der Waals surface area contributed by atoms with Crippen molar-refractivity contribution in [1.29, 1.82) is 0 Å². The number of aryl methyl sites for hydroxylation is 2. The number of hydrogen-bond donors (Lipinski definition) is 1. The summed E-state index contributed by atoms with van der Waals surface area (Å²) in [4.78, 5) is 26.7. The predicted molar refractivity (Wildman–Crippen MR) is 103 cm³/mol. The smallest absolute Gasteiger partial charge is 0.229 e. The summed E-state index contributed by atoms with van der Waals surface area (Å²) in [5.41, 5.74) is 3.49. The molecule has 26 heavy (non-hydrogen) atoms. The van der Waals surface area contributed by atoms with Gasteiger partial charge in [0.15, 0.2) is 0 Å². The summed E-state index contributed by atoms with van der Waals surface area (Å²) in [5, 5.41) is 3.45. The van der Waals surface area contributed by atoms with Crippen molar-refractivity contribution in [3.8, 4) is 5.75 Å². The van der Waals surface area contributed by atoms with Gasteiger partial charge in [-0.05, 0) is 43.7 Å². The molecule has 6 heteroatoms. The number of anilines is 2. The minimum Gasteiger partial charge on any atom is -0.495 e. The zero-order valence-electron chi connectivity index (χ0n) is 15.0. The molecule has 1 aliphatic rings. The van der Waals surface area contributed by atoms with Crippen LogP contribution in [0.15, 0.2) is 36.4 Å². The fourth-order valence-electron chi connectivity index (χ4n) is 3.18. The Balaban J connectivity index is 1.77. The van der Waals surface area contributed by atoms with Crippen LogP contribution in [0.3, 0.4) is 0 Å². The summed E-state index contributed by atoms with van der Waals surface area (Å²) < 4.78 is 5.33. The second kappa shape index (κ2) is 7.38. The molecular formula is C20H21ClN2O3. The molecule has 0 spiro atoms. The first-order valence-corrected chi connectivity index (χ1v) is 8.79. The van der Waals surface area contributed by atoms with E-state index in [9.17, 15) is 9.59 Å². The van der Waals surface area contributed by atoms with Crippen molar-refractivity contribution in [2.45, 2.75) is 20.3 Å². The highest BCUT2D eigenvalue weighted by molar-refractivity contribution is 6.31. The van der Waals surface area contributed by atoms with Crippen molar-refractivity contribution < 1.29 is 14.3 Å². The summed E-state index contributed by atoms with van der Waals surface area (Å²) in [6.07, 6.45) is 0.159. The first-order chi connectivity index (χ1) is 12.4. The number of methoxy groups -OCH3 is 1. The molecule has 0 saturated carbocycles. The third-order valence-electron chi connectivity index (χ3n) is 4.57. The molecule has 1 fully saturated rings. The van der Waals surface area contributed by atoms with Gasteiger partial charge in [0, 0.05) is 23.7 Å². The van der Waals surface area contributed by atoms with E-state index < -0.39 is 5.92 Å². The molecule has 5 nitrogen and oxygen atoms in total. The molecule has 1 N–H and O–H groups in total. The molecule has 136 valence electrons. The molecule has 0 aromatic heterocycles. The van der Waals surface area contributed by atoms with Gasteiger partial charge in [0.05, 0.1) is 18.7 Å². The monoisotopic (exact) mass is 372 g/mol. The summed E-state index contributed by atoms with van der Waals surface area (Å²) in [6.45, 7) is 4.25. The highest BCUT2D eigenvalue weighted by Gasteiger charge is 2.36. The first-order valence-electron chi connectivity index (χ1n) is 8.41. The Labute approximate surface area is 157 Å². The maximum absolute atomic E-state index is 12.6. The van der Waals surface area contributed by atoms with Gasteiger partial charge in [0.1, 0.15) is 5.75 Å². The Bertz CT molecular complexity index is 866. The zero-order valence-corrected chi connectivity index (χ0v) is 15.8. The lowest BCUT2D eigenvalue weighted by molar-refractivity contribution is -0.122. The topological polar surface area (TPSA) is 58.6 Å². The van der Waals surface area contributed by atoms with Crippen LogP contribution in [0.4, 0.5) is 11.4 Å². The van der Waals surface area contributed by atoms with Crippen LogP contribution in [-0.2, 0) is 9.59 Å². The molecule has 1 saturated heterocycles. The number of nitrogens with zero attached hydrogens (tertiary/aromatic N) is 1. The van der Waals surface area contributed by atoms with Crippen LogP contribution >= 0.6 is 11.6 Å². The van der Waals surface area contributed by atoms with Gasteiger partial charge < -0.3 is 15.0 Å². The lowest BCUT2D eigenvalue weighted by atomic mass is 10.1. The summed E-state index contributed by atoms with van der Waals surface area (Å²) in [6, 6.07) is 11.0. The van der Waals surface area contributed by atoms with Gasteiger partial charge in [0.2, 0.25) is 11.8 Å². The average molecular weight is 373 g/mol. The Hall–Kier alpha value is -2.53. The third-order valence-corrected chi connectivity index (χ3v) is 4.80. The molecule has 2 aromatic rings. The van der Waals surface area contributed by atoms with Gasteiger partial charge in [-0.15, -0.1) is 0 Å². The lowest BCUT2D eigenvalue weighted by Gasteiger charge is -2.20. The highest BCUT2D eigenvalue weighted by atomic mass is 35.5. The summed E-state index contributed by atoms with van der Waals surface area (Å²) >= 11 is 6.06. The number of carbonyl (C=O) groups excluding carboxylic acids is 2. The fourth-order valence-corrected chi connectivity index (χ4v) is 3.35. The average Bonchev–Trinajstić information content (AvgIpc) is 2.99. The van der Waals surface area contributed by atoms with Crippen LogP contribution in [0.1, 0.15) is 17.5 Å². The highest BCUT2D eigenvalue weighted by Crippen LogP contribution is 2.35. The number of halogens is 1. The fraction of sp³-hybridized carbons (Fsp3) is 0.300. The standard InChI is InChI=1S/C20H21ClN2O3/c1-12-4-6-16(13(2)8-12)22-20(25)14-9-19(24)23(11-14)17-10-15(21)5-7-18(17)26-3/h4-8,10,14H,9,11H2,1-3H3,(H,22,25)/t14-/m1/s1. The molecule has 0 aliphatic carbocycles. The van der Waals surface area contributed by atoms with E-state index in [2.05, 4.69) is 5.32 Å². The molecule has 0 radical (unpaired) electrons. The second-order valence-electron chi connectivity index (χ2n) is 6.53. The van der Waals surface area contributed by atoms with E-state index in [-0.39, 0.29) is 18.2 Å². The van der Waals surface area contributed by atoms with E-state index in [4.69, 9.17) is 16.3 Å². The molecule has 3 rings (SSSR count). The van der Waals surface area contributed by atoms with Crippen molar-refractivity contribution >= 4 is 34.8 Å². The Morgan fingerprint density at radius 2 is 2.00 bits per heavy atom. The number of rotatable bonds is 4. The minimum absolute atomic E-state index is 0.119. The molecule has 0 unspecified atom stereocenters. The van der Waals surface area contributed by atoms with Gasteiger partial charge in [-0.25, -0.2) is 0 Å². The molecule has 1 heterocycles. The van der Waals surface area contributed by atoms with Gasteiger partial charge in [-0.2, -0.15) is 0 Å². The van der Waals surface area contributed by atoms with E-state index in [1.165, 1.54) is 7.11 Å². The van der Waals surface area contributed by atoms with Crippen molar-refractivity contribution in [2.75, 3.05) is 23.9 Å². The van der Waals surface area contributed by atoms with Gasteiger partial charge in [0.25, 0.3) is 0 Å². The van der Waals surface area contributed by atoms with E-state index in [1.807, 2.05) is 32.0 Å². The molecule has 2 aromatic carbocycles. The quantitative estimate of drug-likeness (QED) is 0.883. The lowest BCUT2D eigenvalue weighted by Crippen LogP contribution is -2.28. The van der Waals surface area contributed by atoms with Crippen LogP contribution in [0, 0.1) is 19.8 Å². The number of benzene rings is 2. The van der Waals surface area contributed by atoms with Crippen molar-refractivity contribution in [3.05, 3.63) is 52.5 Å². The van der Waals surface area contributed by atoms with Crippen LogP contribution in [0.25, 0.3) is 0 Å².